The van der Waals surface area contributed by atoms with Crippen LogP contribution < -0.4 is 10.6 Å². The number of nitrogens with one attached hydrogen (secondary N) is 2. The van der Waals surface area contributed by atoms with Crippen LogP contribution in [0.5, 0.6) is 0 Å². The molecule has 1 aliphatic heterocycles. The van der Waals surface area contributed by atoms with Gasteiger partial charge in [-0.25, -0.2) is 4.98 Å². The summed E-state index contributed by atoms with van der Waals surface area (Å²) in [4.78, 5) is 39.8. The SMILES string of the molecule is Cc1oc(-c2ccccc2)nc1C(=O)NCCc1ccc(C[C@H]2SC(=O)NC2=O)cc1. The fraction of sp³-hybridized carbons (Fsp3) is 0.217. The van der Waals surface area contributed by atoms with Crippen LogP contribution in [0.1, 0.15) is 27.4 Å². The molecule has 2 heterocycles. The molecule has 2 aromatic carbocycles. The summed E-state index contributed by atoms with van der Waals surface area (Å²) < 4.78 is 5.65. The number of imide groups is 1. The van der Waals surface area contributed by atoms with Gasteiger partial charge in [-0.2, -0.15) is 0 Å². The maximum absolute atomic E-state index is 12.5. The highest BCUT2D eigenvalue weighted by Crippen LogP contribution is 2.23. The maximum atomic E-state index is 12.5. The van der Waals surface area contributed by atoms with Crippen LogP contribution in [-0.4, -0.2) is 33.8 Å². The van der Waals surface area contributed by atoms with Crippen LogP contribution in [0.2, 0.25) is 0 Å². The normalized spacial score (nSPS) is 15.7. The van der Waals surface area contributed by atoms with Crippen molar-refractivity contribution in [1.29, 1.82) is 0 Å². The number of oxazole rings is 1. The predicted molar refractivity (Wildman–Crippen MR) is 118 cm³/mol. The average molecular weight is 436 g/mol. The molecule has 158 valence electrons. The number of carbonyl (C=O) groups excluding carboxylic acids is 3. The second-order valence-corrected chi connectivity index (χ2v) is 8.38. The van der Waals surface area contributed by atoms with Gasteiger partial charge in [-0.3, -0.25) is 19.7 Å². The van der Waals surface area contributed by atoms with Crippen molar-refractivity contribution in [1.82, 2.24) is 15.6 Å². The fourth-order valence-corrected chi connectivity index (χ4v) is 4.16. The van der Waals surface area contributed by atoms with Gasteiger partial charge in [-0.05, 0) is 43.0 Å². The lowest BCUT2D eigenvalue weighted by molar-refractivity contribution is -0.118. The third-order valence-electron chi connectivity index (χ3n) is 4.94. The Balaban J connectivity index is 1.29. The maximum Gasteiger partial charge on any atom is 0.286 e. The molecular formula is C23H21N3O4S. The molecule has 0 aliphatic carbocycles. The Kier molecular flexibility index (Phi) is 6.18. The second kappa shape index (κ2) is 9.18. The van der Waals surface area contributed by atoms with Crippen molar-refractivity contribution >= 4 is 28.8 Å². The minimum atomic E-state index is -0.371. The monoisotopic (exact) mass is 435 g/mol. The summed E-state index contributed by atoms with van der Waals surface area (Å²) in [6, 6.07) is 17.3. The highest BCUT2D eigenvalue weighted by atomic mass is 32.2. The standard InChI is InChI=1S/C23H21N3O4S/c1-14-19(25-22(30-14)17-5-3-2-4-6-17)21(28)24-12-11-15-7-9-16(10-8-15)13-18-20(27)26-23(29)31-18/h2-10,18H,11-13H2,1H3,(H,24,28)(H,26,27,29)/t18-/m1/s1. The topological polar surface area (TPSA) is 101 Å². The van der Waals surface area contributed by atoms with E-state index in [-0.39, 0.29) is 28.0 Å². The van der Waals surface area contributed by atoms with Gasteiger partial charge in [0, 0.05) is 12.1 Å². The van der Waals surface area contributed by atoms with E-state index >= 15 is 0 Å². The highest BCUT2D eigenvalue weighted by molar-refractivity contribution is 8.15. The van der Waals surface area contributed by atoms with Gasteiger partial charge in [0.2, 0.25) is 11.8 Å². The molecule has 2 N–H and O–H groups in total. The van der Waals surface area contributed by atoms with Crippen LogP contribution in [0, 0.1) is 6.92 Å². The molecule has 7 nitrogen and oxygen atoms in total. The average Bonchev–Trinajstić information content (AvgIpc) is 3.31. The molecule has 1 fully saturated rings. The first-order valence-electron chi connectivity index (χ1n) is 9.90. The van der Waals surface area contributed by atoms with Crippen molar-refractivity contribution in [2.75, 3.05) is 6.54 Å². The molecule has 0 saturated carbocycles. The van der Waals surface area contributed by atoms with Crippen LogP contribution in [-0.2, 0) is 17.6 Å². The number of rotatable bonds is 7. The van der Waals surface area contributed by atoms with Crippen molar-refractivity contribution in [2.24, 2.45) is 0 Å². The van der Waals surface area contributed by atoms with E-state index in [9.17, 15) is 14.4 Å². The summed E-state index contributed by atoms with van der Waals surface area (Å²) in [6.07, 6.45) is 1.17. The minimum absolute atomic E-state index is 0.236. The van der Waals surface area contributed by atoms with E-state index in [1.54, 1.807) is 6.92 Å². The number of amides is 3. The fourth-order valence-electron chi connectivity index (χ4n) is 3.30. The number of hydrogen-bond acceptors (Lipinski definition) is 6. The lowest BCUT2D eigenvalue weighted by Crippen LogP contribution is -2.26. The Morgan fingerprint density at radius 1 is 1.10 bits per heavy atom. The highest BCUT2D eigenvalue weighted by Gasteiger charge is 2.31. The van der Waals surface area contributed by atoms with Crippen LogP contribution in [0.3, 0.4) is 0 Å². The molecule has 31 heavy (non-hydrogen) atoms. The number of carbonyl (C=O) groups is 3. The summed E-state index contributed by atoms with van der Waals surface area (Å²) in [5, 5.41) is 4.52. The van der Waals surface area contributed by atoms with Crippen LogP contribution in [0.25, 0.3) is 11.5 Å². The van der Waals surface area contributed by atoms with Gasteiger partial charge in [0.15, 0.2) is 5.69 Å². The van der Waals surface area contributed by atoms with Crippen molar-refractivity contribution in [3.8, 4) is 11.5 Å². The Morgan fingerprint density at radius 3 is 2.48 bits per heavy atom. The van der Waals surface area contributed by atoms with Crippen molar-refractivity contribution in [3.05, 3.63) is 77.2 Å². The summed E-state index contributed by atoms with van der Waals surface area (Å²) in [5.41, 5.74) is 3.16. The molecule has 0 unspecified atom stereocenters. The molecular weight excluding hydrogens is 414 g/mol. The zero-order valence-corrected chi connectivity index (χ0v) is 17.7. The van der Waals surface area contributed by atoms with Gasteiger partial charge in [-0.1, -0.05) is 54.2 Å². The van der Waals surface area contributed by atoms with E-state index in [1.165, 1.54) is 0 Å². The molecule has 1 aliphatic rings. The Labute approximate surface area is 183 Å². The van der Waals surface area contributed by atoms with E-state index in [2.05, 4.69) is 15.6 Å². The third kappa shape index (κ3) is 5.03. The summed E-state index contributed by atoms with van der Waals surface area (Å²) >= 11 is 1.03. The first kappa shape index (κ1) is 20.9. The van der Waals surface area contributed by atoms with E-state index < -0.39 is 0 Å². The first-order chi connectivity index (χ1) is 15.0. The zero-order chi connectivity index (χ0) is 21.8. The molecule has 8 heteroatoms. The Hall–Kier alpha value is -3.39. The smallest absolute Gasteiger partial charge is 0.286 e. The predicted octanol–water partition coefficient (Wildman–Crippen LogP) is 3.52. The van der Waals surface area contributed by atoms with E-state index in [0.717, 1.165) is 28.5 Å². The van der Waals surface area contributed by atoms with Gasteiger partial charge in [0.25, 0.3) is 11.1 Å². The summed E-state index contributed by atoms with van der Waals surface area (Å²) in [7, 11) is 0. The molecule has 0 bridgehead atoms. The van der Waals surface area contributed by atoms with Gasteiger partial charge >= 0.3 is 0 Å². The number of hydrogen-bond donors (Lipinski definition) is 2. The van der Waals surface area contributed by atoms with Crippen LogP contribution in [0.15, 0.2) is 59.0 Å². The number of aromatic nitrogens is 1. The Bertz CT molecular complexity index is 1110. The minimum Gasteiger partial charge on any atom is -0.441 e. The number of aryl methyl sites for hydroxylation is 1. The van der Waals surface area contributed by atoms with Gasteiger partial charge < -0.3 is 9.73 Å². The van der Waals surface area contributed by atoms with E-state index in [0.29, 0.717) is 31.0 Å². The van der Waals surface area contributed by atoms with Gasteiger partial charge in [0.1, 0.15) is 5.76 Å². The van der Waals surface area contributed by atoms with E-state index in [4.69, 9.17) is 4.42 Å². The van der Waals surface area contributed by atoms with Gasteiger partial charge in [0.05, 0.1) is 5.25 Å². The number of thioether (sulfide) groups is 1. The molecule has 1 aromatic heterocycles. The van der Waals surface area contributed by atoms with Crippen LogP contribution >= 0.6 is 11.8 Å². The second-order valence-electron chi connectivity index (χ2n) is 7.20. The molecule has 3 amide bonds. The zero-order valence-electron chi connectivity index (χ0n) is 16.9. The quantitative estimate of drug-likeness (QED) is 0.589. The molecule has 0 radical (unpaired) electrons. The number of nitrogens with zero attached hydrogens (tertiary/aromatic N) is 1. The largest absolute Gasteiger partial charge is 0.441 e. The van der Waals surface area contributed by atoms with Crippen molar-refractivity contribution in [3.63, 3.8) is 0 Å². The summed E-state index contributed by atoms with van der Waals surface area (Å²) in [6.45, 7) is 2.18. The van der Waals surface area contributed by atoms with Crippen molar-refractivity contribution < 1.29 is 18.8 Å². The summed E-state index contributed by atoms with van der Waals surface area (Å²) in [5.74, 6) is 0.400. The lowest BCUT2D eigenvalue weighted by atomic mass is 10.1. The Morgan fingerprint density at radius 2 is 1.81 bits per heavy atom. The molecule has 3 aromatic rings. The number of benzene rings is 2. The molecule has 4 rings (SSSR count). The van der Waals surface area contributed by atoms with E-state index in [1.807, 2.05) is 54.6 Å². The lowest BCUT2D eigenvalue weighted by Gasteiger charge is -2.07. The van der Waals surface area contributed by atoms with Crippen LogP contribution in [0.4, 0.5) is 4.79 Å². The van der Waals surface area contributed by atoms with Gasteiger partial charge in [-0.15, -0.1) is 0 Å². The first-order valence-corrected chi connectivity index (χ1v) is 10.8. The third-order valence-corrected chi connectivity index (χ3v) is 5.92. The molecule has 1 atom stereocenters. The molecule has 0 spiro atoms. The molecule has 1 saturated heterocycles. The van der Waals surface area contributed by atoms with Crippen molar-refractivity contribution in [2.45, 2.75) is 25.0 Å².